The van der Waals surface area contributed by atoms with E-state index in [0.29, 0.717) is 11.3 Å². The number of methoxy groups -OCH3 is 1. The summed E-state index contributed by atoms with van der Waals surface area (Å²) in [7, 11) is 1.43. The van der Waals surface area contributed by atoms with Gasteiger partial charge in [-0.3, -0.25) is 0 Å². The van der Waals surface area contributed by atoms with Gasteiger partial charge in [-0.05, 0) is 24.9 Å². The van der Waals surface area contributed by atoms with Gasteiger partial charge in [0.15, 0.2) is 5.82 Å². The molecule has 0 aliphatic carbocycles. The highest BCUT2D eigenvalue weighted by molar-refractivity contribution is 6.28. The van der Waals surface area contributed by atoms with E-state index in [1.807, 2.05) is 13.8 Å². The maximum atomic E-state index is 10.9. The SMILES string of the molecule is CC[C@@H](C)Nc1nc(Cl)nc(OC)c1[NH2+][O-]. The molecule has 7 heteroatoms. The molecule has 1 atom stereocenters. The van der Waals surface area contributed by atoms with Crippen LogP contribution < -0.4 is 15.5 Å². The monoisotopic (exact) mass is 246 g/mol. The Morgan fingerprint density at radius 3 is 2.75 bits per heavy atom. The van der Waals surface area contributed by atoms with Gasteiger partial charge in [0.2, 0.25) is 11.0 Å². The minimum Gasteiger partial charge on any atom is -0.630 e. The van der Waals surface area contributed by atoms with Gasteiger partial charge in [-0.2, -0.15) is 9.97 Å². The minimum atomic E-state index is 0.0493. The van der Waals surface area contributed by atoms with Crippen molar-refractivity contribution in [3.8, 4) is 5.88 Å². The summed E-state index contributed by atoms with van der Waals surface area (Å²) in [5, 5.41) is 14.1. The number of nitrogens with two attached hydrogens (primary N) is 1. The van der Waals surface area contributed by atoms with E-state index in [-0.39, 0.29) is 22.9 Å². The Bertz CT molecular complexity index is 362. The highest BCUT2D eigenvalue weighted by Gasteiger charge is 2.17. The number of aromatic nitrogens is 2. The molecule has 0 aliphatic rings. The van der Waals surface area contributed by atoms with Crippen molar-refractivity contribution in [3.05, 3.63) is 10.5 Å². The lowest BCUT2D eigenvalue weighted by Gasteiger charge is -2.16. The summed E-state index contributed by atoms with van der Waals surface area (Å²) in [6.07, 6.45) is 0.905. The molecule has 6 nitrogen and oxygen atoms in total. The van der Waals surface area contributed by atoms with Crippen LogP contribution in [0.4, 0.5) is 11.5 Å². The quantitative estimate of drug-likeness (QED) is 0.599. The third kappa shape index (κ3) is 2.94. The van der Waals surface area contributed by atoms with Gasteiger partial charge in [0, 0.05) is 6.04 Å². The highest BCUT2D eigenvalue weighted by Crippen LogP contribution is 2.26. The molecule has 0 bridgehead atoms. The Morgan fingerprint density at radius 2 is 2.25 bits per heavy atom. The molecule has 1 aromatic heterocycles. The van der Waals surface area contributed by atoms with Crippen molar-refractivity contribution < 1.29 is 10.2 Å². The molecule has 0 aliphatic heterocycles. The Balaban J connectivity index is 3.09. The first kappa shape index (κ1) is 13.0. The van der Waals surface area contributed by atoms with Gasteiger partial charge in [-0.15, -0.1) is 0 Å². The maximum absolute atomic E-state index is 10.9. The van der Waals surface area contributed by atoms with Crippen LogP contribution in [-0.4, -0.2) is 23.1 Å². The van der Waals surface area contributed by atoms with Crippen LogP contribution >= 0.6 is 11.6 Å². The van der Waals surface area contributed by atoms with Crippen LogP contribution in [0.3, 0.4) is 0 Å². The zero-order chi connectivity index (χ0) is 12.1. The first-order valence-corrected chi connectivity index (χ1v) is 5.33. The van der Waals surface area contributed by atoms with E-state index >= 15 is 0 Å². The number of anilines is 1. The molecule has 0 amide bonds. The van der Waals surface area contributed by atoms with Gasteiger partial charge in [0.05, 0.1) is 7.11 Å². The first-order valence-electron chi connectivity index (χ1n) is 4.95. The number of hydrogen-bond acceptors (Lipinski definition) is 5. The second-order valence-corrected chi connectivity index (χ2v) is 3.67. The number of hydrogen-bond donors (Lipinski definition) is 2. The topological polar surface area (TPSA) is 86.7 Å². The number of nitrogens with one attached hydrogen (secondary N) is 1. The van der Waals surface area contributed by atoms with E-state index in [1.165, 1.54) is 7.11 Å². The Hall–Kier alpha value is -1.11. The average Bonchev–Trinajstić information content (AvgIpc) is 2.28. The summed E-state index contributed by atoms with van der Waals surface area (Å²) in [4.78, 5) is 7.79. The van der Waals surface area contributed by atoms with Crippen LogP contribution in [0.2, 0.25) is 5.28 Å². The Kier molecular flexibility index (Phi) is 4.72. The Morgan fingerprint density at radius 1 is 1.56 bits per heavy atom. The molecule has 3 N–H and O–H groups in total. The van der Waals surface area contributed by atoms with Crippen molar-refractivity contribution in [1.82, 2.24) is 9.97 Å². The van der Waals surface area contributed by atoms with Gasteiger partial charge < -0.3 is 20.7 Å². The average molecular weight is 247 g/mol. The number of halogens is 1. The van der Waals surface area contributed by atoms with Gasteiger partial charge in [-0.1, -0.05) is 6.92 Å². The van der Waals surface area contributed by atoms with E-state index in [1.54, 1.807) is 0 Å². The zero-order valence-electron chi connectivity index (χ0n) is 9.45. The number of quaternary nitrogens is 1. The fourth-order valence-corrected chi connectivity index (χ4v) is 1.29. The van der Waals surface area contributed by atoms with Crippen molar-refractivity contribution in [1.29, 1.82) is 0 Å². The highest BCUT2D eigenvalue weighted by atomic mass is 35.5. The summed E-state index contributed by atoms with van der Waals surface area (Å²) in [6.45, 7) is 4.01. The molecule has 1 aromatic rings. The predicted octanol–water partition coefficient (Wildman–Crippen LogP) is 1.04. The van der Waals surface area contributed by atoms with Gasteiger partial charge in [0.1, 0.15) is 0 Å². The molecule has 16 heavy (non-hydrogen) atoms. The van der Waals surface area contributed by atoms with E-state index in [0.717, 1.165) is 6.42 Å². The molecule has 0 aromatic carbocycles. The van der Waals surface area contributed by atoms with E-state index in [4.69, 9.17) is 16.3 Å². The summed E-state index contributed by atoms with van der Waals surface area (Å²) in [5.41, 5.74) is 0.937. The fourth-order valence-electron chi connectivity index (χ4n) is 1.13. The lowest BCUT2D eigenvalue weighted by Crippen LogP contribution is -2.70. The molecule has 0 unspecified atom stereocenters. The lowest BCUT2D eigenvalue weighted by atomic mass is 10.2. The Labute approximate surface area is 99.0 Å². The van der Waals surface area contributed by atoms with Gasteiger partial charge >= 0.3 is 0 Å². The second-order valence-electron chi connectivity index (χ2n) is 3.34. The van der Waals surface area contributed by atoms with Crippen molar-refractivity contribution in [2.75, 3.05) is 12.4 Å². The van der Waals surface area contributed by atoms with Crippen molar-refractivity contribution in [2.45, 2.75) is 26.3 Å². The molecule has 0 fully saturated rings. The zero-order valence-corrected chi connectivity index (χ0v) is 10.2. The second kappa shape index (κ2) is 5.83. The summed E-state index contributed by atoms with van der Waals surface area (Å²) < 4.78 is 4.97. The van der Waals surface area contributed by atoms with E-state index in [9.17, 15) is 5.21 Å². The number of rotatable bonds is 5. The number of ether oxygens (including phenoxy) is 1. The third-order valence-electron chi connectivity index (χ3n) is 2.19. The number of nitrogens with zero attached hydrogens (tertiary/aromatic N) is 2. The van der Waals surface area contributed by atoms with Crippen molar-refractivity contribution in [3.63, 3.8) is 0 Å². The van der Waals surface area contributed by atoms with Crippen LogP contribution in [0.15, 0.2) is 0 Å². The van der Waals surface area contributed by atoms with Crippen LogP contribution in [-0.2, 0) is 0 Å². The van der Waals surface area contributed by atoms with Gasteiger partial charge in [0.25, 0.3) is 5.88 Å². The normalized spacial score (nSPS) is 12.3. The van der Waals surface area contributed by atoms with Crippen molar-refractivity contribution >= 4 is 23.1 Å². The smallest absolute Gasteiger partial charge is 0.283 e. The van der Waals surface area contributed by atoms with E-state index in [2.05, 4.69) is 15.3 Å². The minimum absolute atomic E-state index is 0.0493. The van der Waals surface area contributed by atoms with Gasteiger partial charge in [-0.25, -0.2) is 0 Å². The molecule has 0 radical (unpaired) electrons. The molecule has 1 rings (SSSR count). The predicted molar refractivity (Wildman–Crippen MR) is 61.9 cm³/mol. The summed E-state index contributed by atoms with van der Waals surface area (Å²) in [5.74, 6) is 0.585. The molecule has 1 heterocycles. The van der Waals surface area contributed by atoms with Crippen molar-refractivity contribution in [2.24, 2.45) is 0 Å². The first-order chi connectivity index (χ1) is 7.62. The van der Waals surface area contributed by atoms with Crippen LogP contribution in [0.1, 0.15) is 20.3 Å². The lowest BCUT2D eigenvalue weighted by molar-refractivity contribution is -0.497. The summed E-state index contributed by atoms with van der Waals surface area (Å²) >= 11 is 5.73. The van der Waals surface area contributed by atoms with E-state index < -0.39 is 0 Å². The molecule has 0 saturated heterocycles. The standard InChI is InChI=1S/C9H15ClN4O2/c1-4-5(2)11-7-6(14-15)8(16-3)13-9(10)12-7/h5H,4,14H2,1-3H3,(H,11,12,13)/t5-/m1/s1. The fraction of sp³-hybridized carbons (Fsp3) is 0.556. The molecule has 90 valence electrons. The van der Waals surface area contributed by atoms with Crippen LogP contribution in [0, 0.1) is 5.21 Å². The maximum Gasteiger partial charge on any atom is 0.283 e. The summed E-state index contributed by atoms with van der Waals surface area (Å²) in [6, 6.07) is 0.189. The third-order valence-corrected chi connectivity index (χ3v) is 2.36. The van der Waals surface area contributed by atoms with Crippen LogP contribution in [0.25, 0.3) is 0 Å². The van der Waals surface area contributed by atoms with Crippen LogP contribution in [0.5, 0.6) is 5.88 Å². The molecule has 0 spiro atoms. The molecule has 0 saturated carbocycles. The largest absolute Gasteiger partial charge is 0.630 e. The molecular formula is C9H15ClN4O2. The molecular weight excluding hydrogens is 232 g/mol.